The Morgan fingerprint density at radius 1 is 0.800 bits per heavy atom. The molecule has 1 heterocycles. The number of aryl methyl sites for hydroxylation is 1. The molecule has 176 valence electrons. The van der Waals surface area contributed by atoms with Gasteiger partial charge in [0, 0.05) is 29.7 Å². The summed E-state index contributed by atoms with van der Waals surface area (Å²) in [5, 5.41) is 5.54. The number of amides is 2. The van der Waals surface area contributed by atoms with Crippen molar-refractivity contribution in [2.24, 2.45) is 0 Å². The van der Waals surface area contributed by atoms with Crippen LogP contribution >= 0.6 is 0 Å². The fourth-order valence-electron chi connectivity index (χ4n) is 3.61. The fourth-order valence-corrected chi connectivity index (χ4v) is 3.61. The molecular formula is C28H24FN3O3. The van der Waals surface area contributed by atoms with Gasteiger partial charge in [0.2, 0.25) is 0 Å². The summed E-state index contributed by atoms with van der Waals surface area (Å²) in [7, 11) is 0. The first-order valence-electron chi connectivity index (χ1n) is 11.2. The molecule has 0 aliphatic heterocycles. The summed E-state index contributed by atoms with van der Waals surface area (Å²) < 4.78 is 14.4. The third kappa shape index (κ3) is 6.09. The van der Waals surface area contributed by atoms with Crippen molar-refractivity contribution in [1.82, 2.24) is 9.88 Å². The maximum absolute atomic E-state index is 13.1. The number of hydrogen-bond donors (Lipinski definition) is 2. The van der Waals surface area contributed by atoms with Crippen molar-refractivity contribution in [3.05, 3.63) is 130 Å². The summed E-state index contributed by atoms with van der Waals surface area (Å²) in [5.74, 6) is -1.21. The van der Waals surface area contributed by atoms with Gasteiger partial charge in [0.25, 0.3) is 17.4 Å². The van der Waals surface area contributed by atoms with Gasteiger partial charge in [-0.2, -0.15) is 0 Å². The minimum atomic E-state index is -0.434. The number of carbonyl (C=O) groups is 2. The van der Waals surface area contributed by atoms with Gasteiger partial charge in [-0.05, 0) is 79.1 Å². The second kappa shape index (κ2) is 11.1. The minimum absolute atomic E-state index is 0.0564. The standard InChI is InChI=1S/C28H24FN3O3/c29-22-12-10-21(11-13-22)26(33)31-23-14-16-24(17-15-23)32-19-5-9-25(28(32)35)27(34)30-18-4-8-20-6-2-1-3-7-20/h1-3,5-7,9-17,19H,4,8,18H2,(H,30,34)(H,31,33). The van der Waals surface area contributed by atoms with Crippen LogP contribution in [0, 0.1) is 5.82 Å². The molecule has 0 aliphatic rings. The smallest absolute Gasteiger partial charge is 0.267 e. The lowest BCUT2D eigenvalue weighted by molar-refractivity contribution is 0.0950. The fraction of sp³-hybridized carbons (Fsp3) is 0.107. The number of nitrogens with one attached hydrogen (secondary N) is 2. The molecule has 3 aromatic carbocycles. The van der Waals surface area contributed by atoms with Gasteiger partial charge < -0.3 is 10.6 Å². The van der Waals surface area contributed by atoms with Crippen LogP contribution in [0.5, 0.6) is 0 Å². The molecule has 0 saturated carbocycles. The lowest BCUT2D eigenvalue weighted by Crippen LogP contribution is -2.32. The van der Waals surface area contributed by atoms with Gasteiger partial charge >= 0.3 is 0 Å². The maximum atomic E-state index is 13.1. The van der Waals surface area contributed by atoms with Crippen molar-refractivity contribution in [2.75, 3.05) is 11.9 Å². The van der Waals surface area contributed by atoms with E-state index in [1.54, 1.807) is 36.5 Å². The van der Waals surface area contributed by atoms with Crippen molar-refractivity contribution >= 4 is 17.5 Å². The van der Waals surface area contributed by atoms with Gasteiger partial charge in [-0.3, -0.25) is 19.0 Å². The molecule has 1 aromatic heterocycles. The van der Waals surface area contributed by atoms with E-state index in [0.717, 1.165) is 12.8 Å². The first-order valence-corrected chi connectivity index (χ1v) is 11.2. The quantitative estimate of drug-likeness (QED) is 0.371. The van der Waals surface area contributed by atoms with Crippen LogP contribution in [0.4, 0.5) is 10.1 Å². The Morgan fingerprint density at radius 3 is 2.23 bits per heavy atom. The Bertz CT molecular complexity index is 1370. The van der Waals surface area contributed by atoms with E-state index in [2.05, 4.69) is 10.6 Å². The minimum Gasteiger partial charge on any atom is -0.352 e. The van der Waals surface area contributed by atoms with Crippen molar-refractivity contribution in [2.45, 2.75) is 12.8 Å². The van der Waals surface area contributed by atoms with E-state index >= 15 is 0 Å². The normalized spacial score (nSPS) is 10.5. The largest absolute Gasteiger partial charge is 0.352 e. The molecule has 4 rings (SSSR count). The van der Waals surface area contributed by atoms with Gasteiger partial charge in [0.05, 0.1) is 0 Å². The van der Waals surface area contributed by atoms with Gasteiger partial charge in [-0.25, -0.2) is 4.39 Å². The SMILES string of the molecule is O=C(Nc1ccc(-n2cccc(C(=O)NCCCc3ccccc3)c2=O)cc1)c1ccc(F)cc1. The molecule has 0 bridgehead atoms. The van der Waals surface area contributed by atoms with E-state index in [0.29, 0.717) is 23.5 Å². The molecule has 4 aromatic rings. The van der Waals surface area contributed by atoms with Gasteiger partial charge in [0.1, 0.15) is 11.4 Å². The lowest BCUT2D eigenvalue weighted by Gasteiger charge is -2.10. The molecule has 2 N–H and O–H groups in total. The number of hydrogen-bond acceptors (Lipinski definition) is 3. The zero-order valence-corrected chi connectivity index (χ0v) is 18.9. The molecule has 6 nitrogen and oxygen atoms in total. The van der Waals surface area contributed by atoms with Crippen LogP contribution in [0.15, 0.2) is 102 Å². The van der Waals surface area contributed by atoms with Crippen LogP contribution in [0.2, 0.25) is 0 Å². The van der Waals surface area contributed by atoms with Gasteiger partial charge in [-0.1, -0.05) is 30.3 Å². The van der Waals surface area contributed by atoms with Crippen LogP contribution in [0.3, 0.4) is 0 Å². The second-order valence-corrected chi connectivity index (χ2v) is 7.95. The monoisotopic (exact) mass is 469 g/mol. The highest BCUT2D eigenvalue weighted by atomic mass is 19.1. The highest BCUT2D eigenvalue weighted by Gasteiger charge is 2.13. The summed E-state index contributed by atoms with van der Waals surface area (Å²) in [4.78, 5) is 37.8. The molecule has 2 amide bonds. The third-order valence-electron chi connectivity index (χ3n) is 5.47. The first-order chi connectivity index (χ1) is 17.0. The molecule has 0 saturated heterocycles. The molecule has 7 heteroatoms. The Labute approximate surface area is 202 Å². The lowest BCUT2D eigenvalue weighted by atomic mass is 10.1. The van der Waals surface area contributed by atoms with Crippen LogP contribution in [0.1, 0.15) is 32.7 Å². The highest BCUT2D eigenvalue weighted by Crippen LogP contribution is 2.14. The summed E-state index contributed by atoms with van der Waals surface area (Å²) in [5.41, 5.74) is 2.21. The van der Waals surface area contributed by atoms with Crippen molar-refractivity contribution in [3.63, 3.8) is 0 Å². The zero-order chi connectivity index (χ0) is 24.6. The number of carbonyl (C=O) groups excluding carboxylic acids is 2. The molecule has 35 heavy (non-hydrogen) atoms. The van der Waals surface area contributed by atoms with Crippen molar-refractivity contribution in [3.8, 4) is 5.69 Å². The van der Waals surface area contributed by atoms with E-state index in [1.165, 1.54) is 40.5 Å². The number of anilines is 1. The topological polar surface area (TPSA) is 80.2 Å². The van der Waals surface area contributed by atoms with Crippen molar-refractivity contribution < 1.29 is 14.0 Å². The Morgan fingerprint density at radius 2 is 1.51 bits per heavy atom. The molecule has 0 spiro atoms. The highest BCUT2D eigenvalue weighted by molar-refractivity contribution is 6.04. The molecule has 0 aliphatic carbocycles. The Balaban J connectivity index is 1.39. The second-order valence-electron chi connectivity index (χ2n) is 7.95. The van der Waals surface area contributed by atoms with Crippen LogP contribution in [0.25, 0.3) is 5.69 Å². The molecule has 0 radical (unpaired) electrons. The van der Waals surface area contributed by atoms with E-state index in [9.17, 15) is 18.8 Å². The molecular weight excluding hydrogens is 445 g/mol. The van der Waals surface area contributed by atoms with Crippen molar-refractivity contribution in [1.29, 1.82) is 0 Å². The van der Waals surface area contributed by atoms with E-state index < -0.39 is 17.3 Å². The number of aromatic nitrogens is 1. The predicted octanol–water partition coefficient (Wildman–Crippen LogP) is 4.59. The van der Waals surface area contributed by atoms with E-state index in [4.69, 9.17) is 0 Å². The van der Waals surface area contributed by atoms with Crippen LogP contribution in [-0.4, -0.2) is 22.9 Å². The Hall–Kier alpha value is -4.52. The average Bonchev–Trinajstić information content (AvgIpc) is 2.88. The number of rotatable bonds is 8. The van der Waals surface area contributed by atoms with Crippen LogP contribution in [-0.2, 0) is 6.42 Å². The Kier molecular flexibility index (Phi) is 7.47. The predicted molar refractivity (Wildman–Crippen MR) is 133 cm³/mol. The number of halogens is 1. The molecule has 0 fully saturated rings. The summed E-state index contributed by atoms with van der Waals surface area (Å²) in [6.45, 7) is 0.463. The van der Waals surface area contributed by atoms with E-state index in [-0.39, 0.29) is 11.5 Å². The van der Waals surface area contributed by atoms with Gasteiger partial charge in [-0.15, -0.1) is 0 Å². The summed E-state index contributed by atoms with van der Waals surface area (Å²) in [6, 6.07) is 25.0. The maximum Gasteiger partial charge on any atom is 0.267 e. The molecule has 0 unspecified atom stereocenters. The average molecular weight is 470 g/mol. The van der Waals surface area contributed by atoms with Crippen LogP contribution < -0.4 is 16.2 Å². The summed E-state index contributed by atoms with van der Waals surface area (Å²) in [6.07, 6.45) is 3.19. The van der Waals surface area contributed by atoms with E-state index in [1.807, 2.05) is 30.3 Å². The molecule has 0 atom stereocenters. The number of benzene rings is 3. The van der Waals surface area contributed by atoms with Gasteiger partial charge in [0.15, 0.2) is 0 Å². The third-order valence-corrected chi connectivity index (χ3v) is 5.47. The first kappa shape index (κ1) is 23.6. The number of pyridine rings is 1. The zero-order valence-electron chi connectivity index (χ0n) is 18.9. The summed E-state index contributed by atoms with van der Waals surface area (Å²) >= 11 is 0. The number of nitrogens with zero attached hydrogens (tertiary/aromatic N) is 1.